The van der Waals surface area contributed by atoms with Crippen LogP contribution in [-0.4, -0.2) is 40.3 Å². The lowest BCUT2D eigenvalue weighted by atomic mass is 9.80. The second-order valence-corrected chi connectivity index (χ2v) is 7.54. The largest absolute Gasteiger partial charge is 0.331 e. The molecule has 4 amide bonds. The lowest BCUT2D eigenvalue weighted by Crippen LogP contribution is -2.65. The van der Waals surface area contributed by atoms with Crippen molar-refractivity contribution < 1.29 is 14.4 Å². The van der Waals surface area contributed by atoms with E-state index < -0.39 is 11.4 Å². The fraction of sp³-hybridized carbons (Fsp3) is 0.800. The molecule has 2 aliphatic carbocycles. The Labute approximate surface area is 129 Å². The van der Waals surface area contributed by atoms with Crippen molar-refractivity contribution in [1.29, 1.82) is 0 Å². The van der Waals surface area contributed by atoms with Crippen molar-refractivity contribution >= 4 is 29.6 Å². The molecule has 0 radical (unpaired) electrons. The summed E-state index contributed by atoms with van der Waals surface area (Å²) in [6, 6.07) is -0.552. The molecule has 21 heavy (non-hydrogen) atoms. The second-order valence-electron chi connectivity index (χ2n) is 6.40. The van der Waals surface area contributed by atoms with E-state index in [9.17, 15) is 14.4 Å². The lowest BCUT2D eigenvalue weighted by molar-refractivity contribution is -0.153. The van der Waals surface area contributed by atoms with Crippen molar-refractivity contribution in [1.82, 2.24) is 10.2 Å². The molecule has 3 fully saturated rings. The first-order valence-corrected chi connectivity index (χ1v) is 9.09. The molecular formula is C15H22N2O3S. The van der Waals surface area contributed by atoms with Crippen LogP contribution in [-0.2, 0) is 9.59 Å². The quantitative estimate of drug-likeness (QED) is 0.795. The number of amides is 4. The Morgan fingerprint density at radius 2 is 1.86 bits per heavy atom. The zero-order valence-corrected chi connectivity index (χ0v) is 13.2. The topological polar surface area (TPSA) is 66.5 Å². The normalized spacial score (nSPS) is 32.6. The number of carbonyl (C=O) groups excluding carboxylic acids is 3. The van der Waals surface area contributed by atoms with Crippen LogP contribution in [0.5, 0.6) is 0 Å². The lowest BCUT2D eigenvalue weighted by Gasteiger charge is -2.42. The Bertz CT molecular complexity index is 474. The highest BCUT2D eigenvalue weighted by Crippen LogP contribution is 2.43. The molecule has 2 atom stereocenters. The molecule has 1 N–H and O–H groups in total. The van der Waals surface area contributed by atoms with Gasteiger partial charge in [0, 0.05) is 11.3 Å². The molecule has 0 bridgehead atoms. The zero-order valence-electron chi connectivity index (χ0n) is 12.4. The second kappa shape index (κ2) is 5.63. The Morgan fingerprint density at radius 3 is 2.52 bits per heavy atom. The van der Waals surface area contributed by atoms with Gasteiger partial charge in [0.2, 0.25) is 11.8 Å². The van der Waals surface area contributed by atoms with Crippen molar-refractivity contribution in [2.24, 2.45) is 5.41 Å². The van der Waals surface area contributed by atoms with Crippen LogP contribution >= 0.6 is 11.8 Å². The van der Waals surface area contributed by atoms with Crippen LogP contribution in [0.4, 0.5) is 4.79 Å². The maximum atomic E-state index is 12.9. The highest BCUT2D eigenvalue weighted by Gasteiger charge is 2.56. The van der Waals surface area contributed by atoms with E-state index in [1.54, 1.807) is 11.8 Å². The van der Waals surface area contributed by atoms with Gasteiger partial charge in [-0.25, -0.2) is 4.79 Å². The number of thioether (sulfide) groups is 1. The van der Waals surface area contributed by atoms with Crippen LogP contribution in [0.1, 0.15) is 51.4 Å². The first-order valence-electron chi connectivity index (χ1n) is 7.80. The number of carbonyl (C=O) groups is 3. The standard InChI is InChI=1S/C15H22N2O3S/c1-21-11-6-4-5-10(9-11)17-13(19)15(7-2-3-8-15)12(18)16-14(17)20/h10-11H,2-9H2,1H3,(H,16,18,20). The predicted molar refractivity (Wildman–Crippen MR) is 80.8 cm³/mol. The number of imide groups is 2. The van der Waals surface area contributed by atoms with E-state index >= 15 is 0 Å². The molecule has 1 aliphatic heterocycles. The maximum Gasteiger partial charge on any atom is 0.331 e. The van der Waals surface area contributed by atoms with E-state index in [1.165, 1.54) is 4.90 Å². The zero-order chi connectivity index (χ0) is 15.0. The van der Waals surface area contributed by atoms with Gasteiger partial charge in [0.25, 0.3) is 0 Å². The van der Waals surface area contributed by atoms with E-state index in [0.717, 1.165) is 38.5 Å². The smallest absolute Gasteiger partial charge is 0.277 e. The number of hydrogen-bond donors (Lipinski definition) is 1. The molecule has 3 aliphatic rings. The molecular weight excluding hydrogens is 288 g/mol. The third-order valence-electron chi connectivity index (χ3n) is 5.26. The summed E-state index contributed by atoms with van der Waals surface area (Å²) in [7, 11) is 0. The Hall–Kier alpha value is -1.04. The van der Waals surface area contributed by atoms with Crippen LogP contribution in [0.25, 0.3) is 0 Å². The predicted octanol–water partition coefficient (Wildman–Crippen LogP) is 2.30. The average Bonchev–Trinajstić information content (AvgIpc) is 2.97. The molecule has 0 aromatic carbocycles. The summed E-state index contributed by atoms with van der Waals surface area (Å²) in [5.41, 5.74) is -0.958. The summed E-state index contributed by atoms with van der Waals surface area (Å²) in [6.45, 7) is 0. The van der Waals surface area contributed by atoms with Crippen molar-refractivity contribution in [3.8, 4) is 0 Å². The molecule has 2 saturated carbocycles. The number of urea groups is 1. The molecule has 1 spiro atoms. The van der Waals surface area contributed by atoms with Crippen molar-refractivity contribution in [2.45, 2.75) is 62.7 Å². The van der Waals surface area contributed by atoms with Crippen LogP contribution in [0.15, 0.2) is 0 Å². The maximum absolute atomic E-state index is 12.9. The fourth-order valence-corrected chi connectivity index (χ4v) is 4.83. The Balaban J connectivity index is 1.85. The molecule has 1 saturated heterocycles. The fourth-order valence-electron chi connectivity index (χ4n) is 4.02. The molecule has 2 unspecified atom stereocenters. The summed E-state index contributed by atoms with van der Waals surface area (Å²) in [5.74, 6) is -0.607. The Kier molecular flexibility index (Phi) is 3.99. The molecule has 0 aromatic heterocycles. The minimum absolute atomic E-state index is 0.0470. The van der Waals surface area contributed by atoms with Crippen LogP contribution in [0.3, 0.4) is 0 Å². The van der Waals surface area contributed by atoms with Crippen LogP contribution in [0, 0.1) is 5.41 Å². The number of hydrogen-bond acceptors (Lipinski definition) is 4. The highest BCUT2D eigenvalue weighted by molar-refractivity contribution is 7.99. The first kappa shape index (κ1) is 14.9. The van der Waals surface area contributed by atoms with Crippen molar-refractivity contribution in [3.63, 3.8) is 0 Å². The molecule has 116 valence electrons. The highest BCUT2D eigenvalue weighted by atomic mass is 32.2. The van der Waals surface area contributed by atoms with E-state index in [1.807, 2.05) is 0 Å². The number of barbiturate groups is 1. The minimum Gasteiger partial charge on any atom is -0.277 e. The third kappa shape index (κ3) is 2.37. The first-order chi connectivity index (χ1) is 10.1. The molecule has 1 heterocycles. The summed E-state index contributed by atoms with van der Waals surface area (Å²) in [4.78, 5) is 38.7. The van der Waals surface area contributed by atoms with Gasteiger partial charge in [-0.2, -0.15) is 11.8 Å². The monoisotopic (exact) mass is 310 g/mol. The Morgan fingerprint density at radius 1 is 1.14 bits per heavy atom. The van der Waals surface area contributed by atoms with Gasteiger partial charge in [0.1, 0.15) is 5.41 Å². The van der Waals surface area contributed by atoms with Crippen LogP contribution < -0.4 is 5.32 Å². The van der Waals surface area contributed by atoms with Crippen molar-refractivity contribution in [3.05, 3.63) is 0 Å². The van der Waals surface area contributed by atoms with Crippen LogP contribution in [0.2, 0.25) is 0 Å². The van der Waals surface area contributed by atoms with E-state index in [-0.39, 0.29) is 17.9 Å². The van der Waals surface area contributed by atoms with E-state index in [4.69, 9.17) is 0 Å². The van der Waals surface area contributed by atoms with Gasteiger partial charge in [-0.15, -0.1) is 0 Å². The summed E-state index contributed by atoms with van der Waals surface area (Å²) in [6.07, 6.45) is 8.91. The van der Waals surface area contributed by atoms with Crippen molar-refractivity contribution in [2.75, 3.05) is 6.26 Å². The summed E-state index contributed by atoms with van der Waals surface area (Å²) >= 11 is 1.80. The van der Waals surface area contributed by atoms with Gasteiger partial charge in [-0.3, -0.25) is 19.8 Å². The van der Waals surface area contributed by atoms with Gasteiger partial charge in [-0.05, 0) is 38.4 Å². The van der Waals surface area contributed by atoms with Gasteiger partial charge >= 0.3 is 6.03 Å². The van der Waals surface area contributed by atoms with E-state index in [0.29, 0.717) is 18.1 Å². The van der Waals surface area contributed by atoms with Gasteiger partial charge < -0.3 is 0 Å². The average molecular weight is 310 g/mol. The SMILES string of the molecule is CSC1CCCC(N2C(=O)NC(=O)C3(CCCC3)C2=O)C1. The molecule has 6 heteroatoms. The van der Waals surface area contributed by atoms with Gasteiger partial charge in [0.15, 0.2) is 0 Å². The number of rotatable bonds is 2. The number of nitrogens with one attached hydrogen (secondary N) is 1. The molecule has 3 rings (SSSR count). The minimum atomic E-state index is -0.958. The summed E-state index contributed by atoms with van der Waals surface area (Å²) in [5, 5.41) is 2.94. The number of nitrogens with zero attached hydrogens (tertiary/aromatic N) is 1. The third-order valence-corrected chi connectivity index (χ3v) is 6.35. The molecule has 0 aromatic rings. The van der Waals surface area contributed by atoms with Gasteiger partial charge in [-0.1, -0.05) is 19.3 Å². The molecule has 5 nitrogen and oxygen atoms in total. The van der Waals surface area contributed by atoms with E-state index in [2.05, 4.69) is 11.6 Å². The van der Waals surface area contributed by atoms with Gasteiger partial charge in [0.05, 0.1) is 0 Å². The summed E-state index contributed by atoms with van der Waals surface area (Å²) < 4.78 is 0.